The van der Waals surface area contributed by atoms with Crippen LogP contribution >= 0.6 is 0 Å². The molecule has 0 aliphatic rings. The van der Waals surface area contributed by atoms with E-state index < -0.39 is 5.97 Å². The van der Waals surface area contributed by atoms with Crippen LogP contribution in [0.2, 0.25) is 0 Å². The van der Waals surface area contributed by atoms with E-state index in [1.807, 2.05) is 13.0 Å². The molecule has 0 fully saturated rings. The van der Waals surface area contributed by atoms with Gasteiger partial charge in [-0.25, -0.2) is 0 Å². The van der Waals surface area contributed by atoms with Gasteiger partial charge in [-0.05, 0) is 40.9 Å². The number of aliphatic carboxylic acids is 1. The van der Waals surface area contributed by atoms with Gasteiger partial charge in [0.25, 0.3) is 0 Å². The Bertz CT molecular complexity index is 657. The molecule has 184 valence electrons. The lowest BCUT2D eigenvalue weighted by Crippen LogP contribution is -2.14. The van der Waals surface area contributed by atoms with Crippen LogP contribution in [0.4, 0.5) is 0 Å². The van der Waals surface area contributed by atoms with Crippen LogP contribution in [0.25, 0.3) is 0 Å². The average Bonchev–Trinajstić information content (AvgIpc) is 2.72. The molecule has 0 aromatic heterocycles. The van der Waals surface area contributed by atoms with Gasteiger partial charge in [0.15, 0.2) is 0 Å². The van der Waals surface area contributed by atoms with Gasteiger partial charge in [0.2, 0.25) is 0 Å². The number of unbranched alkanes of at least 4 members (excludes halogenated alkanes) is 11. The summed E-state index contributed by atoms with van der Waals surface area (Å²) in [7, 11) is 0. The summed E-state index contributed by atoms with van der Waals surface area (Å²) in [6, 6.07) is 4.10. The number of rotatable bonds is 17. The lowest BCUT2D eigenvalue weighted by Gasteiger charge is -2.25. The van der Waals surface area contributed by atoms with Crippen LogP contribution in [0.1, 0.15) is 147 Å². The van der Waals surface area contributed by atoms with Crippen molar-refractivity contribution < 1.29 is 15.0 Å². The molecule has 0 heterocycles. The van der Waals surface area contributed by atoms with Crippen LogP contribution in [-0.2, 0) is 16.6 Å². The van der Waals surface area contributed by atoms with Crippen molar-refractivity contribution in [2.24, 2.45) is 0 Å². The summed E-state index contributed by atoms with van der Waals surface area (Å²) in [6.07, 6.45) is 17.6. The summed E-state index contributed by atoms with van der Waals surface area (Å²) in [5, 5.41) is 20.2. The van der Waals surface area contributed by atoms with Gasteiger partial charge in [-0.1, -0.05) is 124 Å². The van der Waals surface area contributed by atoms with Gasteiger partial charge in [0.1, 0.15) is 5.75 Å². The Morgan fingerprint density at radius 1 is 0.844 bits per heavy atom. The smallest absolute Gasteiger partial charge is 0.303 e. The molecule has 1 atom stereocenters. The molecule has 0 saturated heterocycles. The van der Waals surface area contributed by atoms with E-state index in [1.54, 1.807) is 0 Å². The Morgan fingerprint density at radius 3 is 1.78 bits per heavy atom. The van der Waals surface area contributed by atoms with E-state index in [-0.39, 0.29) is 17.8 Å². The Hall–Kier alpha value is -1.51. The van der Waals surface area contributed by atoms with Gasteiger partial charge in [-0.3, -0.25) is 4.79 Å². The van der Waals surface area contributed by atoms with Gasteiger partial charge < -0.3 is 10.2 Å². The number of phenolic OH excluding ortho intramolecular Hbond substituents is 1. The molecule has 0 aliphatic heterocycles. The first-order valence-electron chi connectivity index (χ1n) is 13.3. The summed E-state index contributed by atoms with van der Waals surface area (Å²) >= 11 is 0. The second-order valence-electron chi connectivity index (χ2n) is 10.7. The fourth-order valence-corrected chi connectivity index (χ4v) is 4.63. The molecule has 0 bridgehead atoms. The fraction of sp³-hybridized carbons (Fsp3) is 0.759. The van der Waals surface area contributed by atoms with Crippen molar-refractivity contribution in [2.45, 2.75) is 142 Å². The Balaban J connectivity index is 2.53. The highest BCUT2D eigenvalue weighted by atomic mass is 16.4. The van der Waals surface area contributed by atoms with Crippen LogP contribution in [0.3, 0.4) is 0 Å². The third kappa shape index (κ3) is 10.9. The maximum atomic E-state index is 11.6. The number of carboxylic acids is 1. The Morgan fingerprint density at radius 2 is 1.34 bits per heavy atom. The topological polar surface area (TPSA) is 57.5 Å². The van der Waals surface area contributed by atoms with Crippen molar-refractivity contribution in [1.82, 2.24) is 0 Å². The zero-order valence-electron chi connectivity index (χ0n) is 21.6. The van der Waals surface area contributed by atoms with E-state index in [9.17, 15) is 15.0 Å². The molecule has 0 amide bonds. The predicted molar refractivity (Wildman–Crippen MR) is 137 cm³/mol. The average molecular weight is 447 g/mol. The fourth-order valence-electron chi connectivity index (χ4n) is 4.63. The van der Waals surface area contributed by atoms with Gasteiger partial charge in [0, 0.05) is 0 Å². The summed E-state index contributed by atoms with van der Waals surface area (Å²) in [6.45, 7) is 10.6. The molecule has 1 aromatic rings. The number of benzene rings is 1. The second kappa shape index (κ2) is 15.3. The van der Waals surface area contributed by atoms with Crippen LogP contribution in [0.15, 0.2) is 12.1 Å². The number of aromatic hydroxyl groups is 1. The van der Waals surface area contributed by atoms with Crippen molar-refractivity contribution in [2.75, 3.05) is 0 Å². The molecule has 0 aliphatic carbocycles. The number of hydrogen-bond acceptors (Lipinski definition) is 2. The summed E-state index contributed by atoms with van der Waals surface area (Å²) in [5.41, 5.74) is 2.76. The highest BCUT2D eigenvalue weighted by molar-refractivity contribution is 5.68. The minimum Gasteiger partial charge on any atom is -0.507 e. The monoisotopic (exact) mass is 446 g/mol. The molecule has 0 saturated carbocycles. The number of hydrogen-bond donors (Lipinski definition) is 2. The van der Waals surface area contributed by atoms with Crippen LogP contribution < -0.4 is 0 Å². The highest BCUT2D eigenvalue weighted by Gasteiger charge is 2.24. The number of phenols is 1. The third-order valence-electron chi connectivity index (χ3n) is 6.70. The SMILES string of the molecule is CCCCCCCCCCCCCCC(CC(=O)O)c1cc(CC)c(O)c(C(C)(C)C)c1. The van der Waals surface area contributed by atoms with E-state index in [1.165, 1.54) is 70.6 Å². The minimum absolute atomic E-state index is 0.0163. The molecule has 1 aromatic carbocycles. The molecule has 1 rings (SSSR count). The lowest BCUT2D eigenvalue weighted by atomic mass is 9.80. The minimum atomic E-state index is -0.739. The van der Waals surface area contributed by atoms with Crippen molar-refractivity contribution in [1.29, 1.82) is 0 Å². The predicted octanol–water partition coefficient (Wildman–Crippen LogP) is 8.90. The largest absolute Gasteiger partial charge is 0.507 e. The van der Waals surface area contributed by atoms with E-state index in [2.05, 4.69) is 33.8 Å². The van der Waals surface area contributed by atoms with E-state index in [0.717, 1.165) is 36.0 Å². The normalized spacial score (nSPS) is 12.8. The first kappa shape index (κ1) is 28.5. The highest BCUT2D eigenvalue weighted by Crippen LogP contribution is 2.38. The molecule has 0 spiro atoms. The van der Waals surface area contributed by atoms with Gasteiger partial charge >= 0.3 is 5.97 Å². The van der Waals surface area contributed by atoms with Crippen molar-refractivity contribution in [3.63, 3.8) is 0 Å². The number of carboxylic acid groups (broad SMARTS) is 1. The van der Waals surface area contributed by atoms with Crippen LogP contribution in [0.5, 0.6) is 5.75 Å². The molecule has 1 unspecified atom stereocenters. The first-order valence-corrected chi connectivity index (χ1v) is 13.3. The zero-order valence-corrected chi connectivity index (χ0v) is 21.6. The molecule has 32 heavy (non-hydrogen) atoms. The molecule has 2 N–H and O–H groups in total. The molecule has 0 radical (unpaired) electrons. The molecule has 3 heteroatoms. The quantitative estimate of drug-likeness (QED) is 0.235. The maximum absolute atomic E-state index is 11.6. The molecule has 3 nitrogen and oxygen atoms in total. The summed E-state index contributed by atoms with van der Waals surface area (Å²) in [5.74, 6) is -0.344. The molecular formula is C29H50O3. The standard InChI is InChI=1S/C29H50O3/c1-6-8-9-10-11-12-13-14-15-16-17-18-19-24(22-27(30)31)25-20-23(7-2)28(32)26(21-25)29(3,4)5/h20-21,24,32H,6-19,22H2,1-5H3,(H,30,31). The molecular weight excluding hydrogens is 396 g/mol. The van der Waals surface area contributed by atoms with Crippen LogP contribution in [-0.4, -0.2) is 16.2 Å². The van der Waals surface area contributed by atoms with E-state index >= 15 is 0 Å². The van der Waals surface area contributed by atoms with E-state index in [0.29, 0.717) is 5.75 Å². The van der Waals surface area contributed by atoms with Crippen LogP contribution in [0, 0.1) is 0 Å². The summed E-state index contributed by atoms with van der Waals surface area (Å²) < 4.78 is 0. The lowest BCUT2D eigenvalue weighted by molar-refractivity contribution is -0.137. The third-order valence-corrected chi connectivity index (χ3v) is 6.70. The van der Waals surface area contributed by atoms with E-state index in [4.69, 9.17) is 0 Å². The summed E-state index contributed by atoms with van der Waals surface area (Å²) in [4.78, 5) is 11.6. The number of carbonyl (C=O) groups is 1. The van der Waals surface area contributed by atoms with Gasteiger partial charge in [-0.2, -0.15) is 0 Å². The Labute approximate surface area is 198 Å². The Kier molecular flexibility index (Phi) is 13.7. The second-order valence-corrected chi connectivity index (χ2v) is 10.7. The van der Waals surface area contributed by atoms with Crippen molar-refractivity contribution in [3.05, 3.63) is 28.8 Å². The first-order chi connectivity index (χ1) is 15.2. The van der Waals surface area contributed by atoms with Crippen molar-refractivity contribution in [3.8, 4) is 5.75 Å². The van der Waals surface area contributed by atoms with Gasteiger partial charge in [-0.15, -0.1) is 0 Å². The number of aryl methyl sites for hydroxylation is 1. The maximum Gasteiger partial charge on any atom is 0.303 e. The van der Waals surface area contributed by atoms with Crippen molar-refractivity contribution >= 4 is 5.97 Å². The zero-order chi connectivity index (χ0) is 24.0. The van der Waals surface area contributed by atoms with Gasteiger partial charge in [0.05, 0.1) is 6.42 Å².